The smallest absolute Gasteiger partial charge is 0.128 e. The number of hydrogen-bond donors (Lipinski definition) is 1. The number of nitrogens with one attached hydrogen (secondary N) is 1. The number of rotatable bonds is 5. The van der Waals surface area contributed by atoms with Gasteiger partial charge in [0.25, 0.3) is 0 Å². The number of pyridine rings is 1. The van der Waals surface area contributed by atoms with E-state index in [1.165, 1.54) is 18.4 Å². The van der Waals surface area contributed by atoms with Gasteiger partial charge >= 0.3 is 0 Å². The van der Waals surface area contributed by atoms with Gasteiger partial charge in [0, 0.05) is 49.5 Å². The Labute approximate surface area is 122 Å². The molecule has 1 aromatic rings. The van der Waals surface area contributed by atoms with Crippen molar-refractivity contribution in [1.82, 2.24) is 15.2 Å². The minimum absolute atomic E-state index is 0.626. The number of piperazine rings is 1. The van der Waals surface area contributed by atoms with E-state index in [2.05, 4.69) is 29.0 Å². The van der Waals surface area contributed by atoms with Gasteiger partial charge in [0.05, 0.1) is 12.8 Å². The highest BCUT2D eigenvalue weighted by molar-refractivity contribution is 5.41. The zero-order chi connectivity index (χ0) is 14.5. The van der Waals surface area contributed by atoms with Gasteiger partial charge in [-0.1, -0.05) is 13.3 Å². The topological polar surface area (TPSA) is 37.4 Å². The van der Waals surface area contributed by atoms with Crippen molar-refractivity contribution in [2.24, 2.45) is 0 Å². The molecule has 0 aromatic carbocycles. The molecule has 0 saturated carbocycles. The summed E-state index contributed by atoms with van der Waals surface area (Å²) >= 11 is 0. The molecule has 0 aliphatic carbocycles. The van der Waals surface area contributed by atoms with Crippen LogP contribution >= 0.6 is 0 Å². The second kappa shape index (κ2) is 7.04. The maximum Gasteiger partial charge on any atom is 0.128 e. The van der Waals surface area contributed by atoms with Gasteiger partial charge in [0.2, 0.25) is 0 Å². The standard InChI is InChI=1S/C16H27N3O/c1-5-6-14-10-19(8-7-17-14)11-15-13(3)16(20-4)12(2)9-18-15/h9,14,17H,5-8,10-11H2,1-4H3. The van der Waals surface area contributed by atoms with Crippen LogP contribution in [0.3, 0.4) is 0 Å². The first-order valence-electron chi connectivity index (χ1n) is 7.60. The lowest BCUT2D eigenvalue weighted by Crippen LogP contribution is -2.50. The van der Waals surface area contributed by atoms with Gasteiger partial charge in [-0.15, -0.1) is 0 Å². The van der Waals surface area contributed by atoms with E-state index >= 15 is 0 Å². The first kappa shape index (κ1) is 15.3. The monoisotopic (exact) mass is 277 g/mol. The Hall–Kier alpha value is -1.13. The number of aromatic nitrogens is 1. The van der Waals surface area contributed by atoms with Crippen LogP contribution in [0.4, 0.5) is 0 Å². The van der Waals surface area contributed by atoms with Gasteiger partial charge in [0.15, 0.2) is 0 Å². The summed E-state index contributed by atoms with van der Waals surface area (Å²) in [6, 6.07) is 0.626. The van der Waals surface area contributed by atoms with Crippen LogP contribution in [-0.2, 0) is 6.54 Å². The van der Waals surface area contributed by atoms with E-state index in [-0.39, 0.29) is 0 Å². The number of hydrogen-bond acceptors (Lipinski definition) is 4. The first-order chi connectivity index (χ1) is 9.65. The Balaban J connectivity index is 2.06. The molecule has 4 nitrogen and oxygen atoms in total. The van der Waals surface area contributed by atoms with Crippen LogP contribution in [0.15, 0.2) is 6.20 Å². The maximum absolute atomic E-state index is 5.49. The van der Waals surface area contributed by atoms with Crippen LogP contribution in [-0.4, -0.2) is 42.7 Å². The lowest BCUT2D eigenvalue weighted by molar-refractivity contribution is 0.184. The molecule has 1 aromatic heterocycles. The zero-order valence-corrected chi connectivity index (χ0v) is 13.2. The normalized spacial score (nSPS) is 20.1. The zero-order valence-electron chi connectivity index (χ0n) is 13.2. The molecule has 112 valence electrons. The highest BCUT2D eigenvalue weighted by Crippen LogP contribution is 2.25. The SMILES string of the molecule is CCCC1CN(Cc2ncc(C)c(OC)c2C)CCN1. The fourth-order valence-electron chi connectivity index (χ4n) is 3.02. The molecule has 2 rings (SSSR count). The summed E-state index contributed by atoms with van der Waals surface area (Å²) in [6.07, 6.45) is 4.41. The van der Waals surface area contributed by atoms with Gasteiger partial charge in [-0.3, -0.25) is 9.88 Å². The summed E-state index contributed by atoms with van der Waals surface area (Å²) in [5, 5.41) is 3.60. The van der Waals surface area contributed by atoms with Crippen molar-refractivity contribution in [3.05, 3.63) is 23.0 Å². The van der Waals surface area contributed by atoms with Crippen molar-refractivity contribution in [1.29, 1.82) is 0 Å². The van der Waals surface area contributed by atoms with Gasteiger partial charge in [-0.25, -0.2) is 0 Å². The van der Waals surface area contributed by atoms with E-state index in [9.17, 15) is 0 Å². The third-order valence-corrected chi connectivity index (χ3v) is 4.10. The average Bonchev–Trinajstić information content (AvgIpc) is 2.43. The largest absolute Gasteiger partial charge is 0.496 e. The van der Waals surface area contributed by atoms with Gasteiger partial charge in [0.1, 0.15) is 5.75 Å². The molecule has 1 unspecified atom stereocenters. The van der Waals surface area contributed by atoms with Crippen LogP contribution in [0.5, 0.6) is 5.75 Å². The van der Waals surface area contributed by atoms with Crippen LogP contribution in [0.25, 0.3) is 0 Å². The van der Waals surface area contributed by atoms with E-state index in [4.69, 9.17) is 4.74 Å². The molecule has 1 N–H and O–H groups in total. The lowest BCUT2D eigenvalue weighted by Gasteiger charge is -2.33. The molecule has 1 atom stereocenters. The number of nitrogens with zero attached hydrogens (tertiary/aromatic N) is 2. The third kappa shape index (κ3) is 3.49. The maximum atomic E-state index is 5.49. The summed E-state index contributed by atoms with van der Waals surface area (Å²) in [5.74, 6) is 0.982. The van der Waals surface area contributed by atoms with Gasteiger partial charge in [-0.2, -0.15) is 0 Å². The summed E-state index contributed by atoms with van der Waals surface area (Å²) in [5.41, 5.74) is 3.43. The Morgan fingerprint density at radius 2 is 2.25 bits per heavy atom. The van der Waals surface area contributed by atoms with Gasteiger partial charge in [-0.05, 0) is 20.3 Å². The predicted octanol–water partition coefficient (Wildman–Crippen LogP) is 2.28. The number of aryl methyl sites for hydroxylation is 1. The highest BCUT2D eigenvalue weighted by atomic mass is 16.5. The molecule has 0 radical (unpaired) electrons. The molecule has 1 fully saturated rings. The lowest BCUT2D eigenvalue weighted by atomic mass is 10.1. The second-order valence-electron chi connectivity index (χ2n) is 5.72. The molecule has 0 amide bonds. The average molecular weight is 277 g/mol. The Bertz CT molecular complexity index is 446. The van der Waals surface area contributed by atoms with Crippen LogP contribution in [0, 0.1) is 13.8 Å². The molecular weight excluding hydrogens is 250 g/mol. The second-order valence-corrected chi connectivity index (χ2v) is 5.72. The Kier molecular flexibility index (Phi) is 5.38. The minimum Gasteiger partial charge on any atom is -0.496 e. The summed E-state index contributed by atoms with van der Waals surface area (Å²) < 4.78 is 5.49. The van der Waals surface area contributed by atoms with Gasteiger partial charge < -0.3 is 10.1 Å². The fraction of sp³-hybridized carbons (Fsp3) is 0.688. The van der Waals surface area contributed by atoms with Crippen molar-refractivity contribution in [3.8, 4) is 5.75 Å². The van der Waals surface area contributed by atoms with Crippen molar-refractivity contribution in [2.75, 3.05) is 26.7 Å². The van der Waals surface area contributed by atoms with Crippen molar-refractivity contribution >= 4 is 0 Å². The molecule has 0 bridgehead atoms. The minimum atomic E-state index is 0.626. The van der Waals surface area contributed by atoms with Crippen LogP contribution in [0.2, 0.25) is 0 Å². The van der Waals surface area contributed by atoms with E-state index in [0.717, 1.165) is 43.2 Å². The summed E-state index contributed by atoms with van der Waals surface area (Å²) in [6.45, 7) is 10.6. The molecule has 20 heavy (non-hydrogen) atoms. The molecule has 1 aliphatic rings. The van der Waals surface area contributed by atoms with Crippen molar-refractivity contribution in [3.63, 3.8) is 0 Å². The number of methoxy groups -OCH3 is 1. The van der Waals surface area contributed by atoms with E-state index in [0.29, 0.717) is 6.04 Å². The number of ether oxygens (including phenoxy) is 1. The van der Waals surface area contributed by atoms with E-state index in [1.54, 1.807) is 7.11 Å². The van der Waals surface area contributed by atoms with E-state index in [1.807, 2.05) is 13.1 Å². The van der Waals surface area contributed by atoms with Crippen LogP contribution < -0.4 is 10.1 Å². The van der Waals surface area contributed by atoms with E-state index < -0.39 is 0 Å². The highest BCUT2D eigenvalue weighted by Gasteiger charge is 2.20. The Morgan fingerprint density at radius 1 is 1.45 bits per heavy atom. The third-order valence-electron chi connectivity index (χ3n) is 4.10. The molecule has 0 spiro atoms. The summed E-state index contributed by atoms with van der Waals surface area (Å²) in [4.78, 5) is 7.11. The summed E-state index contributed by atoms with van der Waals surface area (Å²) in [7, 11) is 1.74. The Morgan fingerprint density at radius 3 is 2.95 bits per heavy atom. The van der Waals surface area contributed by atoms with Crippen molar-refractivity contribution in [2.45, 2.75) is 46.2 Å². The molecule has 4 heteroatoms. The molecule has 1 saturated heterocycles. The van der Waals surface area contributed by atoms with Crippen LogP contribution in [0.1, 0.15) is 36.6 Å². The van der Waals surface area contributed by atoms with Crippen molar-refractivity contribution < 1.29 is 4.74 Å². The molecule has 1 aliphatic heterocycles. The molecule has 2 heterocycles. The molecular formula is C16H27N3O. The fourth-order valence-corrected chi connectivity index (χ4v) is 3.02. The quantitative estimate of drug-likeness (QED) is 0.896. The first-order valence-corrected chi connectivity index (χ1v) is 7.60. The predicted molar refractivity (Wildman–Crippen MR) is 82.2 cm³/mol.